The van der Waals surface area contributed by atoms with Crippen LogP contribution in [0.25, 0.3) is 16.4 Å². The van der Waals surface area contributed by atoms with Crippen LogP contribution in [0.4, 0.5) is 24.7 Å². The molecule has 0 atom stereocenters. The number of anilines is 2. The number of nitrogen functional groups attached to an aromatic ring is 1. The van der Waals surface area contributed by atoms with E-state index in [0.29, 0.717) is 45.1 Å². The third-order valence-electron chi connectivity index (χ3n) is 4.82. The number of nitrogens with one attached hydrogen (secondary N) is 1. The lowest BCUT2D eigenvalue weighted by atomic mass is 10.1. The minimum atomic E-state index is -4.49. The summed E-state index contributed by atoms with van der Waals surface area (Å²) in [6, 6.07) is 6.93. The van der Waals surface area contributed by atoms with Crippen LogP contribution in [0.5, 0.6) is 11.5 Å². The highest BCUT2D eigenvalue weighted by molar-refractivity contribution is 6.01. The molecule has 0 spiro atoms. The number of nitrogens with zero attached hydrogens (tertiary/aromatic N) is 4. The van der Waals surface area contributed by atoms with Crippen molar-refractivity contribution in [3.05, 3.63) is 47.3 Å². The molecule has 0 fully saturated rings. The minimum Gasteiger partial charge on any atom is -0.493 e. The Bertz CT molecular complexity index is 1290. The van der Waals surface area contributed by atoms with Gasteiger partial charge in [0.1, 0.15) is 0 Å². The van der Waals surface area contributed by atoms with Gasteiger partial charge in [-0.05, 0) is 42.8 Å². The maximum absolute atomic E-state index is 13.1. The summed E-state index contributed by atoms with van der Waals surface area (Å²) in [5.41, 5.74) is 5.77. The maximum atomic E-state index is 13.1. The fraction of sp³-hybridized carbons (Fsp3) is 0.250. The van der Waals surface area contributed by atoms with Crippen LogP contribution in [0.15, 0.2) is 30.3 Å². The van der Waals surface area contributed by atoms with Gasteiger partial charge in [-0.3, -0.25) is 0 Å². The number of rotatable bonds is 5. The van der Waals surface area contributed by atoms with Crippen LogP contribution in [0.3, 0.4) is 0 Å². The lowest BCUT2D eigenvalue weighted by molar-refractivity contribution is -0.137. The molecule has 3 N–H and O–H groups in total. The predicted molar refractivity (Wildman–Crippen MR) is 109 cm³/mol. The van der Waals surface area contributed by atoms with Gasteiger partial charge in [0, 0.05) is 23.0 Å². The van der Waals surface area contributed by atoms with E-state index in [4.69, 9.17) is 15.2 Å². The number of hydrogen-bond donors (Lipinski definition) is 2. The van der Waals surface area contributed by atoms with Crippen molar-refractivity contribution < 1.29 is 22.6 Å². The molecule has 11 heteroatoms. The number of hydrogen-bond acceptors (Lipinski definition) is 7. The number of ether oxygens (including phenoxy) is 2. The van der Waals surface area contributed by atoms with Gasteiger partial charge in [-0.1, -0.05) is 0 Å². The highest BCUT2D eigenvalue weighted by Crippen LogP contribution is 2.37. The zero-order valence-electron chi connectivity index (χ0n) is 16.9. The lowest BCUT2D eigenvalue weighted by Gasteiger charge is -2.15. The van der Waals surface area contributed by atoms with Crippen LogP contribution in [-0.2, 0) is 12.7 Å². The van der Waals surface area contributed by atoms with Gasteiger partial charge in [-0.25, -0.2) is 0 Å². The topological polar surface area (TPSA) is 99.6 Å². The Morgan fingerprint density at radius 1 is 1.00 bits per heavy atom. The van der Waals surface area contributed by atoms with E-state index in [9.17, 15) is 13.2 Å². The van der Waals surface area contributed by atoms with E-state index in [-0.39, 0.29) is 12.2 Å². The fourth-order valence-corrected chi connectivity index (χ4v) is 3.36. The van der Waals surface area contributed by atoms with E-state index in [0.717, 1.165) is 12.1 Å². The largest absolute Gasteiger partial charge is 0.493 e. The number of benzene rings is 2. The molecule has 0 radical (unpaired) electrons. The molecule has 0 aliphatic carbocycles. The second kappa shape index (κ2) is 7.49. The number of alkyl halides is 3. The number of fused-ring (bicyclic) bond motifs is 3. The van der Waals surface area contributed by atoms with Crippen molar-refractivity contribution in [2.75, 3.05) is 25.3 Å². The number of methoxy groups -OCH3 is 2. The normalized spacial score (nSPS) is 11.8. The first kappa shape index (κ1) is 20.5. The number of aromatic nitrogens is 4. The highest BCUT2D eigenvalue weighted by Gasteiger charge is 2.31. The molecule has 31 heavy (non-hydrogen) atoms. The van der Waals surface area contributed by atoms with E-state index in [2.05, 4.69) is 20.6 Å². The average Bonchev–Trinajstić information content (AvgIpc) is 3.10. The molecule has 4 aromatic rings. The molecule has 0 saturated heterocycles. The number of halogens is 3. The summed E-state index contributed by atoms with van der Waals surface area (Å²) in [5, 5.41) is 17.2. The second-order valence-electron chi connectivity index (χ2n) is 6.90. The van der Waals surface area contributed by atoms with Gasteiger partial charge >= 0.3 is 6.18 Å². The second-order valence-corrected chi connectivity index (χ2v) is 6.90. The van der Waals surface area contributed by atoms with Crippen molar-refractivity contribution in [1.82, 2.24) is 19.8 Å². The molecule has 0 amide bonds. The number of aryl methyl sites for hydroxylation is 1. The molecule has 162 valence electrons. The number of nitrogens with two attached hydrogens (primary N) is 1. The SMILES string of the molecule is COc1cc2c(NCc3cc(N)cc(C(F)(F)F)c3)nn3c(C)nnc3c2cc1OC. The fourth-order valence-electron chi connectivity index (χ4n) is 3.36. The summed E-state index contributed by atoms with van der Waals surface area (Å²) in [7, 11) is 3.03. The molecule has 4 rings (SSSR count). The van der Waals surface area contributed by atoms with Gasteiger partial charge in [0.15, 0.2) is 28.8 Å². The third kappa shape index (κ3) is 3.74. The Hall–Kier alpha value is -3.76. The minimum absolute atomic E-state index is 0.0287. The monoisotopic (exact) mass is 432 g/mol. The van der Waals surface area contributed by atoms with E-state index in [1.165, 1.54) is 20.3 Å². The molecule has 8 nitrogen and oxygen atoms in total. The van der Waals surface area contributed by atoms with Crippen LogP contribution in [-0.4, -0.2) is 34.0 Å². The third-order valence-corrected chi connectivity index (χ3v) is 4.82. The van der Waals surface area contributed by atoms with Crippen molar-refractivity contribution in [3.8, 4) is 11.5 Å². The van der Waals surface area contributed by atoms with Crippen molar-refractivity contribution in [3.63, 3.8) is 0 Å². The van der Waals surface area contributed by atoms with Crippen LogP contribution in [0, 0.1) is 6.92 Å². The van der Waals surface area contributed by atoms with Crippen molar-refractivity contribution in [2.24, 2.45) is 0 Å². The maximum Gasteiger partial charge on any atom is 0.416 e. The zero-order valence-corrected chi connectivity index (χ0v) is 16.9. The average molecular weight is 432 g/mol. The molecule has 0 aliphatic rings. The summed E-state index contributed by atoms with van der Waals surface area (Å²) < 4.78 is 51.7. The van der Waals surface area contributed by atoms with E-state index in [1.54, 1.807) is 23.6 Å². The standard InChI is InChI=1S/C20H19F3N6O2/c1-10-26-27-19-15-8-17(31-3)16(30-2)7-14(15)18(28-29(10)19)25-9-11-4-12(20(21,22)23)6-13(24)5-11/h4-8H,9,24H2,1-3H3,(H,25,28). The van der Waals surface area contributed by atoms with Crippen molar-refractivity contribution in [1.29, 1.82) is 0 Å². The highest BCUT2D eigenvalue weighted by atomic mass is 19.4. The van der Waals surface area contributed by atoms with Crippen molar-refractivity contribution >= 4 is 27.9 Å². The van der Waals surface area contributed by atoms with Crippen LogP contribution in [0.1, 0.15) is 17.0 Å². The Kier molecular flexibility index (Phi) is 4.96. The van der Waals surface area contributed by atoms with Gasteiger partial charge in [-0.15, -0.1) is 15.3 Å². The Balaban J connectivity index is 1.81. The van der Waals surface area contributed by atoms with Gasteiger partial charge in [0.05, 0.1) is 19.8 Å². The Labute approximate surface area is 174 Å². The smallest absolute Gasteiger partial charge is 0.416 e. The summed E-state index contributed by atoms with van der Waals surface area (Å²) in [6.45, 7) is 1.81. The van der Waals surface area contributed by atoms with Gasteiger partial charge in [0.2, 0.25) is 0 Å². The first-order valence-electron chi connectivity index (χ1n) is 9.19. The molecule has 0 bridgehead atoms. The first-order valence-corrected chi connectivity index (χ1v) is 9.19. The van der Waals surface area contributed by atoms with E-state index < -0.39 is 11.7 Å². The zero-order chi connectivity index (χ0) is 22.3. The Morgan fingerprint density at radius 2 is 1.68 bits per heavy atom. The molecular formula is C20H19F3N6O2. The molecule has 2 aromatic heterocycles. The van der Waals surface area contributed by atoms with Gasteiger partial charge in [-0.2, -0.15) is 17.7 Å². The van der Waals surface area contributed by atoms with Crippen LogP contribution in [0.2, 0.25) is 0 Å². The Morgan fingerprint density at radius 3 is 2.32 bits per heavy atom. The lowest BCUT2D eigenvalue weighted by Crippen LogP contribution is -2.10. The van der Waals surface area contributed by atoms with Gasteiger partial charge < -0.3 is 20.5 Å². The van der Waals surface area contributed by atoms with Crippen LogP contribution < -0.4 is 20.5 Å². The molecular weight excluding hydrogens is 413 g/mol. The quantitative estimate of drug-likeness (QED) is 0.463. The van der Waals surface area contributed by atoms with Gasteiger partial charge in [0.25, 0.3) is 0 Å². The summed E-state index contributed by atoms with van der Waals surface area (Å²) in [4.78, 5) is 0. The van der Waals surface area contributed by atoms with E-state index >= 15 is 0 Å². The molecule has 0 aliphatic heterocycles. The first-order chi connectivity index (χ1) is 14.7. The van der Waals surface area contributed by atoms with Crippen molar-refractivity contribution in [2.45, 2.75) is 19.6 Å². The molecule has 2 aromatic carbocycles. The summed E-state index contributed by atoms with van der Waals surface area (Å²) in [5.74, 6) is 1.95. The molecule has 2 heterocycles. The molecule has 0 unspecified atom stereocenters. The van der Waals surface area contributed by atoms with Crippen LogP contribution >= 0.6 is 0 Å². The summed E-state index contributed by atoms with van der Waals surface area (Å²) >= 11 is 0. The van der Waals surface area contributed by atoms with E-state index in [1.807, 2.05) is 0 Å². The molecule has 0 saturated carbocycles. The summed E-state index contributed by atoms with van der Waals surface area (Å²) in [6.07, 6.45) is -4.49. The predicted octanol–water partition coefficient (Wildman–Crippen LogP) is 3.82.